The SMILES string of the molecule is CCCCCCCCCCCCC/C=C/[C@@H](O)[C@H](CO[C@@H]1O[C@H](CO)[C@H](O)[C@H](O)[C@H]1O)NC(=O)[C@H](O)CCCCCCCCCCCCCCCCCCCC. The fourth-order valence-corrected chi connectivity index (χ4v) is 7.57. The molecule has 1 heterocycles. The van der Waals surface area contributed by atoms with Crippen LogP contribution in [0.3, 0.4) is 0 Å². The Kier molecular flexibility index (Phi) is 34.9. The molecule has 0 unspecified atom stereocenters. The van der Waals surface area contributed by atoms with Gasteiger partial charge in [0.25, 0.3) is 0 Å². The topological polar surface area (TPSA) is 169 Å². The first kappa shape index (κ1) is 52.9. The van der Waals surface area contributed by atoms with Gasteiger partial charge < -0.3 is 45.4 Å². The normalized spacial score (nSPS) is 21.8. The maximum absolute atomic E-state index is 13.0. The largest absolute Gasteiger partial charge is 0.394 e. The number of rotatable bonds is 39. The van der Waals surface area contributed by atoms with E-state index in [1.54, 1.807) is 6.08 Å². The van der Waals surface area contributed by atoms with E-state index in [0.717, 1.165) is 44.9 Å². The number of hydrogen-bond acceptors (Lipinski definition) is 9. The van der Waals surface area contributed by atoms with Crippen molar-refractivity contribution in [3.05, 3.63) is 12.2 Å². The highest BCUT2D eigenvalue weighted by Gasteiger charge is 2.44. The van der Waals surface area contributed by atoms with Crippen LogP contribution in [0.5, 0.6) is 0 Å². The molecule has 56 heavy (non-hydrogen) atoms. The molecule has 1 amide bonds. The third kappa shape index (κ3) is 26.8. The van der Waals surface area contributed by atoms with Gasteiger partial charge in [0.1, 0.15) is 30.5 Å². The highest BCUT2D eigenvalue weighted by molar-refractivity contribution is 5.80. The van der Waals surface area contributed by atoms with Crippen LogP contribution in [0.25, 0.3) is 0 Å². The molecule has 10 nitrogen and oxygen atoms in total. The minimum absolute atomic E-state index is 0.301. The number of amides is 1. The van der Waals surface area contributed by atoms with Gasteiger partial charge in [-0.1, -0.05) is 206 Å². The van der Waals surface area contributed by atoms with E-state index < -0.39 is 61.5 Å². The Morgan fingerprint density at radius 2 is 1.02 bits per heavy atom. The summed E-state index contributed by atoms with van der Waals surface area (Å²) in [5, 5.41) is 64.6. The quantitative estimate of drug-likeness (QED) is 0.0238. The van der Waals surface area contributed by atoms with Crippen LogP contribution in [0.4, 0.5) is 0 Å². The zero-order valence-electron chi connectivity index (χ0n) is 36.0. The first-order chi connectivity index (χ1) is 27.3. The summed E-state index contributed by atoms with van der Waals surface area (Å²) in [4.78, 5) is 13.0. The highest BCUT2D eigenvalue weighted by atomic mass is 16.7. The van der Waals surface area contributed by atoms with Gasteiger partial charge in [-0.3, -0.25) is 4.79 Å². The van der Waals surface area contributed by atoms with E-state index in [9.17, 15) is 35.4 Å². The molecule has 0 bridgehead atoms. The Morgan fingerprint density at radius 1 is 0.607 bits per heavy atom. The molecular formula is C46H89NO9. The predicted molar refractivity (Wildman–Crippen MR) is 227 cm³/mol. The second-order valence-electron chi connectivity index (χ2n) is 16.7. The number of ether oxygens (including phenoxy) is 2. The molecule has 7 N–H and O–H groups in total. The summed E-state index contributed by atoms with van der Waals surface area (Å²) in [6, 6.07) is -0.974. The number of aliphatic hydroxyl groups excluding tert-OH is 6. The van der Waals surface area contributed by atoms with E-state index in [2.05, 4.69) is 19.2 Å². The third-order valence-corrected chi connectivity index (χ3v) is 11.5. The molecule has 0 saturated carbocycles. The van der Waals surface area contributed by atoms with Crippen molar-refractivity contribution in [2.24, 2.45) is 0 Å². The molecule has 0 aromatic carbocycles. The second-order valence-corrected chi connectivity index (χ2v) is 16.7. The zero-order valence-corrected chi connectivity index (χ0v) is 36.0. The maximum atomic E-state index is 13.0. The lowest BCUT2D eigenvalue weighted by atomic mass is 9.99. The van der Waals surface area contributed by atoms with Gasteiger partial charge >= 0.3 is 0 Å². The summed E-state index contributed by atoms with van der Waals surface area (Å²) in [6.45, 7) is 3.61. The molecule has 1 aliphatic rings. The Bertz CT molecular complexity index is 906. The van der Waals surface area contributed by atoms with Gasteiger partial charge in [-0.25, -0.2) is 0 Å². The molecular weight excluding hydrogens is 711 g/mol. The van der Waals surface area contributed by atoms with Gasteiger partial charge in [-0.2, -0.15) is 0 Å². The van der Waals surface area contributed by atoms with E-state index in [1.165, 1.54) is 148 Å². The Balaban J connectivity index is 2.38. The Hall–Kier alpha value is -1.11. The smallest absolute Gasteiger partial charge is 0.249 e. The molecule has 1 saturated heterocycles. The van der Waals surface area contributed by atoms with E-state index >= 15 is 0 Å². The molecule has 1 aliphatic heterocycles. The lowest BCUT2D eigenvalue weighted by molar-refractivity contribution is -0.302. The van der Waals surface area contributed by atoms with Crippen LogP contribution in [-0.4, -0.2) is 98.7 Å². The van der Waals surface area contributed by atoms with Crippen molar-refractivity contribution in [1.29, 1.82) is 0 Å². The minimum atomic E-state index is -1.61. The van der Waals surface area contributed by atoms with E-state index in [1.807, 2.05) is 6.08 Å². The number of aliphatic hydroxyl groups is 6. The number of hydrogen-bond donors (Lipinski definition) is 7. The number of carbonyl (C=O) groups is 1. The van der Waals surface area contributed by atoms with Crippen molar-refractivity contribution in [3.8, 4) is 0 Å². The molecule has 8 atom stereocenters. The second kappa shape index (κ2) is 36.9. The fourth-order valence-electron chi connectivity index (χ4n) is 7.57. The van der Waals surface area contributed by atoms with Crippen molar-refractivity contribution in [1.82, 2.24) is 5.32 Å². The van der Waals surface area contributed by atoms with Crippen LogP contribution in [0, 0.1) is 0 Å². The van der Waals surface area contributed by atoms with Crippen molar-refractivity contribution in [3.63, 3.8) is 0 Å². The molecule has 1 rings (SSSR count). The summed E-state index contributed by atoms with van der Waals surface area (Å²) in [5.74, 6) is -0.614. The first-order valence-corrected chi connectivity index (χ1v) is 23.5. The van der Waals surface area contributed by atoms with Gasteiger partial charge in [0, 0.05) is 0 Å². The lowest BCUT2D eigenvalue weighted by Gasteiger charge is -2.40. The van der Waals surface area contributed by atoms with Gasteiger partial charge in [-0.15, -0.1) is 0 Å². The summed E-state index contributed by atoms with van der Waals surface area (Å²) in [7, 11) is 0. The van der Waals surface area contributed by atoms with Gasteiger partial charge in [0.2, 0.25) is 5.91 Å². The molecule has 0 radical (unpaired) electrons. The monoisotopic (exact) mass is 800 g/mol. The molecule has 0 aromatic rings. The van der Waals surface area contributed by atoms with Crippen LogP contribution in [0.15, 0.2) is 12.2 Å². The minimum Gasteiger partial charge on any atom is -0.394 e. The lowest BCUT2D eigenvalue weighted by Crippen LogP contribution is -2.60. The summed E-state index contributed by atoms with van der Waals surface area (Å²) < 4.78 is 11.1. The molecule has 0 aliphatic carbocycles. The van der Waals surface area contributed by atoms with Crippen molar-refractivity contribution < 1.29 is 44.9 Å². The molecule has 332 valence electrons. The van der Waals surface area contributed by atoms with Gasteiger partial charge in [0.15, 0.2) is 6.29 Å². The van der Waals surface area contributed by atoms with Crippen LogP contribution < -0.4 is 5.32 Å². The first-order valence-electron chi connectivity index (χ1n) is 23.5. The molecule has 0 aromatic heterocycles. The Labute approximate surface area is 342 Å². The number of allylic oxidation sites excluding steroid dienone is 1. The average Bonchev–Trinajstić information content (AvgIpc) is 3.20. The predicted octanol–water partition coefficient (Wildman–Crippen LogP) is 8.70. The van der Waals surface area contributed by atoms with Gasteiger partial charge in [0.05, 0.1) is 25.4 Å². The molecule has 1 fully saturated rings. The summed E-state index contributed by atoms with van der Waals surface area (Å²) >= 11 is 0. The maximum Gasteiger partial charge on any atom is 0.249 e. The van der Waals surface area contributed by atoms with Crippen LogP contribution in [-0.2, 0) is 14.3 Å². The van der Waals surface area contributed by atoms with Crippen LogP contribution in [0.1, 0.15) is 213 Å². The van der Waals surface area contributed by atoms with Crippen molar-refractivity contribution in [2.75, 3.05) is 13.2 Å². The van der Waals surface area contributed by atoms with Crippen molar-refractivity contribution >= 4 is 5.91 Å². The number of nitrogens with one attached hydrogen (secondary N) is 1. The number of carbonyl (C=O) groups excluding carboxylic acids is 1. The Morgan fingerprint density at radius 3 is 1.45 bits per heavy atom. The molecule has 10 heteroatoms. The van der Waals surface area contributed by atoms with E-state index in [-0.39, 0.29) is 6.61 Å². The van der Waals surface area contributed by atoms with Crippen LogP contribution in [0.2, 0.25) is 0 Å². The van der Waals surface area contributed by atoms with Gasteiger partial charge in [-0.05, 0) is 19.3 Å². The third-order valence-electron chi connectivity index (χ3n) is 11.5. The zero-order chi connectivity index (χ0) is 41.1. The van der Waals surface area contributed by atoms with E-state index in [4.69, 9.17) is 9.47 Å². The highest BCUT2D eigenvalue weighted by Crippen LogP contribution is 2.23. The van der Waals surface area contributed by atoms with Crippen LogP contribution >= 0.6 is 0 Å². The van der Waals surface area contributed by atoms with E-state index in [0.29, 0.717) is 6.42 Å². The number of unbranched alkanes of at least 4 members (excludes halogenated alkanes) is 28. The standard InChI is InChI=1S/C46H89NO9/c1-3-5-7-9-11-13-15-17-18-19-20-21-23-25-27-29-31-33-35-40(50)45(54)47-38(37-55-46-44(53)43(52)42(51)41(36-48)56-46)39(49)34-32-30-28-26-24-22-16-14-12-10-8-6-4-2/h32,34,38-44,46,48-53H,3-31,33,35-37H2,1-2H3,(H,47,54)/b34-32+/t38-,39+,40+,41+,42-,43-,44+,46+/m0/s1. The summed E-state index contributed by atoms with van der Waals surface area (Å²) in [5.41, 5.74) is 0. The summed E-state index contributed by atoms with van der Waals surface area (Å²) in [6.07, 6.45) is 31.5. The molecule has 0 spiro atoms. The fraction of sp³-hybridized carbons (Fsp3) is 0.935. The average molecular weight is 800 g/mol. The van der Waals surface area contributed by atoms with Crippen molar-refractivity contribution in [2.45, 2.75) is 262 Å².